The molecule has 1 aromatic heterocycles. The van der Waals surface area contributed by atoms with Crippen LogP contribution in [-0.2, 0) is 24.7 Å². The van der Waals surface area contributed by atoms with Crippen LogP contribution in [0.15, 0.2) is 35.6 Å². The maximum atomic E-state index is 12.6. The number of benzene rings is 1. The molecule has 5 nitrogen and oxygen atoms in total. The van der Waals surface area contributed by atoms with Crippen molar-refractivity contribution in [2.75, 3.05) is 5.32 Å². The summed E-state index contributed by atoms with van der Waals surface area (Å²) in [6.07, 6.45) is 9.74. The molecule has 5 heteroatoms. The van der Waals surface area contributed by atoms with E-state index in [0.29, 0.717) is 6.42 Å². The van der Waals surface area contributed by atoms with Gasteiger partial charge in [-0.2, -0.15) is 5.11 Å². The van der Waals surface area contributed by atoms with Crippen molar-refractivity contribution in [2.45, 2.75) is 46.1 Å². The summed E-state index contributed by atoms with van der Waals surface area (Å²) in [7, 11) is 1.89. The summed E-state index contributed by atoms with van der Waals surface area (Å²) in [5.41, 5.74) is 11.4. The van der Waals surface area contributed by atoms with Gasteiger partial charge >= 0.3 is 0 Å². The first-order valence-corrected chi connectivity index (χ1v) is 9.24. The molecule has 2 atom stereocenters. The molecule has 1 unspecified atom stereocenters. The molecule has 2 aromatic rings. The number of hydrogen-bond acceptors (Lipinski definition) is 3. The molecule has 0 spiro atoms. The lowest BCUT2D eigenvalue weighted by Gasteiger charge is -2.16. The number of carbonyl (C=O) groups is 1. The van der Waals surface area contributed by atoms with Crippen LogP contribution in [0.3, 0.4) is 0 Å². The van der Waals surface area contributed by atoms with Crippen LogP contribution < -0.4 is 5.32 Å². The van der Waals surface area contributed by atoms with Crippen molar-refractivity contribution in [3.8, 4) is 12.3 Å². The molecule has 2 N–H and O–H groups in total. The van der Waals surface area contributed by atoms with E-state index in [-0.39, 0.29) is 17.9 Å². The topological polar surface area (TPSA) is 70.2 Å². The summed E-state index contributed by atoms with van der Waals surface area (Å²) >= 11 is 0. The molecule has 27 heavy (non-hydrogen) atoms. The Morgan fingerprint density at radius 2 is 2.04 bits per heavy atom. The molecule has 0 aliphatic heterocycles. The van der Waals surface area contributed by atoms with Gasteiger partial charge in [0.2, 0.25) is 5.91 Å². The summed E-state index contributed by atoms with van der Waals surface area (Å²) in [4.78, 5) is 12.6. The van der Waals surface area contributed by atoms with Crippen molar-refractivity contribution in [3.05, 3.63) is 52.7 Å². The quantitative estimate of drug-likeness (QED) is 0.526. The molecule has 0 saturated heterocycles. The number of amides is 1. The number of aromatic nitrogens is 1. The first kappa shape index (κ1) is 20.4. The molecule has 0 bridgehead atoms. The van der Waals surface area contributed by atoms with Gasteiger partial charge in [-0.1, -0.05) is 37.1 Å². The molecule has 142 valence electrons. The average molecular weight is 364 g/mol. The minimum Gasteiger partial charge on any atom is -0.336 e. The Morgan fingerprint density at radius 1 is 1.33 bits per heavy atom. The van der Waals surface area contributed by atoms with Crippen molar-refractivity contribution < 1.29 is 4.79 Å². The molecule has 0 saturated carbocycles. The minimum atomic E-state index is -0.234. The summed E-state index contributed by atoms with van der Waals surface area (Å²) in [6, 6.07) is 8.13. The Bertz CT molecular complexity index is 860. The van der Waals surface area contributed by atoms with Gasteiger partial charge in [0.05, 0.1) is 6.04 Å². The van der Waals surface area contributed by atoms with Crippen LogP contribution in [0.4, 0.5) is 5.82 Å². The van der Waals surface area contributed by atoms with Crippen LogP contribution in [0, 0.1) is 30.7 Å². The van der Waals surface area contributed by atoms with Crippen LogP contribution in [0.5, 0.6) is 0 Å². The molecular weight excluding hydrogens is 336 g/mol. The third-order valence-electron chi connectivity index (χ3n) is 4.95. The number of carbonyl (C=O) groups excluding carboxylic acids is 1. The minimum absolute atomic E-state index is 0.0765. The fourth-order valence-electron chi connectivity index (χ4n) is 3.28. The van der Waals surface area contributed by atoms with Gasteiger partial charge in [0, 0.05) is 30.3 Å². The Labute approximate surface area is 161 Å². The van der Waals surface area contributed by atoms with E-state index >= 15 is 0 Å². The Kier molecular flexibility index (Phi) is 6.95. The van der Waals surface area contributed by atoms with E-state index in [0.717, 1.165) is 29.8 Å². The Hall–Kier alpha value is -2.87. The molecule has 2 rings (SSSR count). The van der Waals surface area contributed by atoms with E-state index in [9.17, 15) is 4.79 Å². The van der Waals surface area contributed by atoms with Crippen molar-refractivity contribution in [3.63, 3.8) is 0 Å². The van der Waals surface area contributed by atoms with Crippen molar-refractivity contribution in [2.24, 2.45) is 18.1 Å². The van der Waals surface area contributed by atoms with Crippen molar-refractivity contribution in [1.29, 1.82) is 5.53 Å². The van der Waals surface area contributed by atoms with Gasteiger partial charge in [0.25, 0.3) is 0 Å². The van der Waals surface area contributed by atoms with Crippen LogP contribution in [0.25, 0.3) is 0 Å². The highest BCUT2D eigenvalue weighted by Crippen LogP contribution is 2.25. The lowest BCUT2D eigenvalue weighted by atomic mass is 9.99. The molecule has 0 fully saturated rings. The van der Waals surface area contributed by atoms with Gasteiger partial charge < -0.3 is 9.88 Å². The highest BCUT2D eigenvalue weighted by Gasteiger charge is 2.20. The zero-order valence-electron chi connectivity index (χ0n) is 16.5. The molecular formula is C22H28N4O. The first-order valence-electron chi connectivity index (χ1n) is 9.24. The van der Waals surface area contributed by atoms with Gasteiger partial charge in [-0.15, -0.1) is 6.42 Å². The fraction of sp³-hybridized carbons (Fsp3) is 0.409. The molecule has 0 aliphatic rings. The third kappa shape index (κ3) is 5.07. The predicted molar refractivity (Wildman–Crippen MR) is 109 cm³/mol. The van der Waals surface area contributed by atoms with Crippen LogP contribution in [0.1, 0.15) is 42.5 Å². The maximum absolute atomic E-state index is 12.6. The van der Waals surface area contributed by atoms with E-state index < -0.39 is 0 Å². The Morgan fingerprint density at radius 3 is 2.67 bits per heavy atom. The summed E-state index contributed by atoms with van der Waals surface area (Å²) < 4.78 is 1.88. The van der Waals surface area contributed by atoms with Crippen LogP contribution >= 0.6 is 0 Å². The van der Waals surface area contributed by atoms with Crippen molar-refractivity contribution >= 4 is 11.7 Å². The normalized spacial score (nSPS) is 12.9. The molecule has 0 aliphatic carbocycles. The number of nitrogens with zero attached hydrogens (tertiary/aromatic N) is 2. The summed E-state index contributed by atoms with van der Waals surface area (Å²) in [6.45, 7) is 5.80. The molecule has 1 amide bonds. The zero-order chi connectivity index (χ0) is 20.0. The standard InChI is InChI=1S/C22H28N4O/c1-6-18-14-26(5)21(24-22(27)16(3)13-17(4)25-23)20(18)12-11-19-10-8-7-9-15(19)2/h1,7-10,14,16-17,23H,11-13H2,2-5H3,(H,24,27)/t16?,17-/m1/s1. The molecule has 1 aromatic carbocycles. The van der Waals surface area contributed by atoms with Gasteiger partial charge in [-0.25, -0.2) is 5.53 Å². The van der Waals surface area contributed by atoms with Crippen LogP contribution in [-0.4, -0.2) is 16.5 Å². The molecule has 0 radical (unpaired) electrons. The van der Waals surface area contributed by atoms with E-state index in [1.165, 1.54) is 11.1 Å². The fourth-order valence-corrected chi connectivity index (χ4v) is 3.28. The second-order valence-corrected chi connectivity index (χ2v) is 7.16. The van der Waals surface area contributed by atoms with Crippen LogP contribution in [0.2, 0.25) is 0 Å². The largest absolute Gasteiger partial charge is 0.336 e. The smallest absolute Gasteiger partial charge is 0.228 e. The monoisotopic (exact) mass is 364 g/mol. The number of terminal acetylenes is 1. The zero-order valence-corrected chi connectivity index (χ0v) is 16.5. The molecule has 1 heterocycles. The lowest BCUT2D eigenvalue weighted by Crippen LogP contribution is -2.24. The predicted octanol–water partition coefficient (Wildman–Crippen LogP) is 4.48. The second-order valence-electron chi connectivity index (χ2n) is 7.16. The third-order valence-corrected chi connectivity index (χ3v) is 4.95. The van der Waals surface area contributed by atoms with Gasteiger partial charge in [-0.3, -0.25) is 4.79 Å². The number of aryl methyl sites for hydroxylation is 3. The van der Waals surface area contributed by atoms with Gasteiger partial charge in [0.1, 0.15) is 5.82 Å². The summed E-state index contributed by atoms with van der Waals surface area (Å²) in [5.74, 6) is 3.18. The first-order chi connectivity index (χ1) is 12.9. The van der Waals surface area contributed by atoms with Gasteiger partial charge in [-0.05, 0) is 44.2 Å². The highest BCUT2D eigenvalue weighted by molar-refractivity contribution is 5.92. The number of nitrogens with one attached hydrogen (secondary N) is 2. The van der Waals surface area contributed by atoms with E-state index in [1.54, 1.807) is 0 Å². The maximum Gasteiger partial charge on any atom is 0.228 e. The van der Waals surface area contributed by atoms with E-state index in [2.05, 4.69) is 35.4 Å². The van der Waals surface area contributed by atoms with E-state index in [4.69, 9.17) is 12.0 Å². The Balaban J connectivity index is 2.20. The van der Waals surface area contributed by atoms with Gasteiger partial charge in [0.15, 0.2) is 0 Å². The summed E-state index contributed by atoms with van der Waals surface area (Å²) in [5, 5.41) is 6.52. The van der Waals surface area contributed by atoms with Crippen molar-refractivity contribution in [1.82, 2.24) is 4.57 Å². The average Bonchev–Trinajstić information content (AvgIpc) is 2.95. The number of rotatable bonds is 8. The number of anilines is 1. The second kappa shape index (κ2) is 9.18. The highest BCUT2D eigenvalue weighted by atomic mass is 16.1. The number of hydrogen-bond donors (Lipinski definition) is 2. The van der Waals surface area contributed by atoms with E-state index in [1.807, 2.05) is 43.8 Å². The SMILES string of the molecule is C#Cc1cn(C)c(NC(=O)C(C)C[C@@H](C)N=N)c1CCc1ccccc1C. The lowest BCUT2D eigenvalue weighted by molar-refractivity contribution is -0.119.